The van der Waals surface area contributed by atoms with Gasteiger partial charge >= 0.3 is 6.09 Å². The number of likely N-dealkylation sites (tertiary alicyclic amines) is 1. The van der Waals surface area contributed by atoms with E-state index in [9.17, 15) is 4.79 Å². The Morgan fingerprint density at radius 2 is 2.12 bits per heavy atom. The highest BCUT2D eigenvalue weighted by atomic mass is 16.6. The number of hydrogen-bond donors (Lipinski definition) is 1. The fourth-order valence-electron chi connectivity index (χ4n) is 2.09. The van der Waals surface area contributed by atoms with Crippen LogP contribution in [0.4, 0.5) is 4.79 Å². The Hall–Kier alpha value is -0.770. The van der Waals surface area contributed by atoms with Crippen molar-refractivity contribution in [3.8, 4) is 0 Å². The Kier molecular flexibility index (Phi) is 5.25. The maximum Gasteiger partial charge on any atom is 0.410 e. The van der Waals surface area contributed by atoms with Gasteiger partial charge in [0, 0.05) is 19.1 Å². The van der Waals surface area contributed by atoms with Gasteiger partial charge in [-0.15, -0.1) is 0 Å². The molecule has 100 valence electrons. The van der Waals surface area contributed by atoms with E-state index in [1.807, 2.05) is 25.7 Å². The van der Waals surface area contributed by atoms with Gasteiger partial charge in [0.15, 0.2) is 0 Å². The standard InChI is InChI=1S/C13H26N2O2/c1-5-14-11-8-6-7-9-15(10-11)12(16)17-13(2,3)4/h11,14H,5-10H2,1-4H3. The Labute approximate surface area is 105 Å². The van der Waals surface area contributed by atoms with Crippen LogP contribution in [0.2, 0.25) is 0 Å². The topological polar surface area (TPSA) is 41.6 Å². The molecular formula is C13H26N2O2. The number of rotatable bonds is 2. The minimum Gasteiger partial charge on any atom is -0.444 e. The zero-order chi connectivity index (χ0) is 12.9. The lowest BCUT2D eigenvalue weighted by molar-refractivity contribution is 0.0244. The smallest absolute Gasteiger partial charge is 0.410 e. The van der Waals surface area contributed by atoms with Crippen LogP contribution in [0, 0.1) is 0 Å². The maximum atomic E-state index is 12.0. The third-order valence-electron chi connectivity index (χ3n) is 2.82. The average molecular weight is 242 g/mol. The predicted octanol–water partition coefficient (Wildman–Crippen LogP) is 2.39. The van der Waals surface area contributed by atoms with E-state index in [-0.39, 0.29) is 6.09 Å². The van der Waals surface area contributed by atoms with Crippen LogP contribution in [0.15, 0.2) is 0 Å². The second kappa shape index (κ2) is 6.24. The number of nitrogens with zero attached hydrogens (tertiary/aromatic N) is 1. The number of likely N-dealkylation sites (N-methyl/N-ethyl adjacent to an activating group) is 1. The molecule has 0 aliphatic carbocycles. The zero-order valence-corrected chi connectivity index (χ0v) is 11.6. The Morgan fingerprint density at radius 1 is 1.41 bits per heavy atom. The van der Waals surface area contributed by atoms with E-state index >= 15 is 0 Å². The van der Waals surface area contributed by atoms with Crippen LogP contribution >= 0.6 is 0 Å². The monoisotopic (exact) mass is 242 g/mol. The molecule has 0 aromatic rings. The molecule has 0 radical (unpaired) electrons. The lowest BCUT2D eigenvalue weighted by Crippen LogP contribution is -2.44. The summed E-state index contributed by atoms with van der Waals surface area (Å²) < 4.78 is 5.42. The van der Waals surface area contributed by atoms with E-state index in [0.717, 1.165) is 32.5 Å². The summed E-state index contributed by atoms with van der Waals surface area (Å²) in [6.07, 6.45) is 3.22. The van der Waals surface area contributed by atoms with Gasteiger partial charge in [0.2, 0.25) is 0 Å². The summed E-state index contributed by atoms with van der Waals surface area (Å²) in [7, 11) is 0. The normalized spacial score (nSPS) is 22.1. The molecule has 1 aliphatic heterocycles. The summed E-state index contributed by atoms with van der Waals surface area (Å²) in [4.78, 5) is 13.8. The summed E-state index contributed by atoms with van der Waals surface area (Å²) in [6.45, 7) is 10.4. The summed E-state index contributed by atoms with van der Waals surface area (Å²) in [5.41, 5.74) is -0.406. The van der Waals surface area contributed by atoms with Crippen molar-refractivity contribution in [2.75, 3.05) is 19.6 Å². The summed E-state index contributed by atoms with van der Waals surface area (Å²) in [5, 5.41) is 3.42. The van der Waals surface area contributed by atoms with Gasteiger partial charge in [0.05, 0.1) is 0 Å². The third-order valence-corrected chi connectivity index (χ3v) is 2.82. The summed E-state index contributed by atoms with van der Waals surface area (Å²) in [6, 6.07) is 0.412. The third kappa shape index (κ3) is 5.39. The number of ether oxygens (including phenoxy) is 1. The van der Waals surface area contributed by atoms with Crippen LogP contribution in [0.1, 0.15) is 47.0 Å². The second-order valence-electron chi connectivity index (χ2n) is 5.68. The first-order valence-corrected chi connectivity index (χ1v) is 6.63. The van der Waals surface area contributed by atoms with Crippen LogP contribution in [0.25, 0.3) is 0 Å². The number of hydrogen-bond acceptors (Lipinski definition) is 3. The van der Waals surface area contributed by atoms with Gasteiger partial charge in [-0.2, -0.15) is 0 Å². The summed E-state index contributed by atoms with van der Waals surface area (Å²) >= 11 is 0. The molecule has 0 spiro atoms. The Balaban J connectivity index is 2.53. The van der Waals surface area contributed by atoms with E-state index in [1.54, 1.807) is 0 Å². The van der Waals surface area contributed by atoms with Crippen molar-refractivity contribution in [2.24, 2.45) is 0 Å². The fourth-order valence-corrected chi connectivity index (χ4v) is 2.09. The van der Waals surface area contributed by atoms with Crippen molar-refractivity contribution in [1.29, 1.82) is 0 Å². The van der Waals surface area contributed by atoms with Gasteiger partial charge in [-0.1, -0.05) is 13.3 Å². The first kappa shape index (κ1) is 14.3. The lowest BCUT2D eigenvalue weighted by Gasteiger charge is -2.28. The molecule has 4 nitrogen and oxygen atoms in total. The minimum atomic E-state index is -0.406. The molecule has 1 amide bonds. The number of carbonyl (C=O) groups is 1. The largest absolute Gasteiger partial charge is 0.444 e. The number of nitrogens with one attached hydrogen (secondary N) is 1. The molecule has 1 N–H and O–H groups in total. The second-order valence-corrected chi connectivity index (χ2v) is 5.68. The lowest BCUT2D eigenvalue weighted by atomic mass is 10.1. The van der Waals surface area contributed by atoms with Gasteiger partial charge in [-0.25, -0.2) is 4.79 Å². The molecule has 0 aromatic heterocycles. The van der Waals surface area contributed by atoms with Crippen molar-refractivity contribution in [2.45, 2.75) is 58.6 Å². The molecule has 17 heavy (non-hydrogen) atoms. The van der Waals surface area contributed by atoms with E-state index in [4.69, 9.17) is 4.74 Å². The van der Waals surface area contributed by atoms with Gasteiger partial charge in [-0.05, 0) is 40.2 Å². The van der Waals surface area contributed by atoms with Crippen molar-refractivity contribution in [3.63, 3.8) is 0 Å². The molecule has 1 atom stereocenters. The fraction of sp³-hybridized carbons (Fsp3) is 0.923. The molecule has 1 saturated heterocycles. The molecule has 1 rings (SSSR count). The van der Waals surface area contributed by atoms with Crippen LogP contribution in [0.3, 0.4) is 0 Å². The maximum absolute atomic E-state index is 12.0. The highest BCUT2D eigenvalue weighted by molar-refractivity contribution is 5.68. The van der Waals surface area contributed by atoms with E-state index in [1.165, 1.54) is 6.42 Å². The van der Waals surface area contributed by atoms with Gasteiger partial charge in [-0.3, -0.25) is 0 Å². The van der Waals surface area contributed by atoms with Crippen LogP contribution in [-0.2, 0) is 4.74 Å². The molecule has 1 unspecified atom stereocenters. The summed E-state index contributed by atoms with van der Waals surface area (Å²) in [5.74, 6) is 0. The number of amides is 1. The van der Waals surface area contributed by atoms with Gasteiger partial charge < -0.3 is 15.0 Å². The first-order valence-electron chi connectivity index (χ1n) is 6.63. The first-order chi connectivity index (χ1) is 7.92. The Bertz CT molecular complexity index is 248. The van der Waals surface area contributed by atoms with Gasteiger partial charge in [0.25, 0.3) is 0 Å². The van der Waals surface area contributed by atoms with Crippen molar-refractivity contribution >= 4 is 6.09 Å². The highest BCUT2D eigenvalue weighted by Crippen LogP contribution is 2.15. The highest BCUT2D eigenvalue weighted by Gasteiger charge is 2.25. The number of carbonyl (C=O) groups excluding carboxylic acids is 1. The molecular weight excluding hydrogens is 216 g/mol. The molecule has 1 heterocycles. The van der Waals surface area contributed by atoms with E-state index in [2.05, 4.69) is 12.2 Å². The van der Waals surface area contributed by atoms with Crippen LogP contribution in [-0.4, -0.2) is 42.3 Å². The van der Waals surface area contributed by atoms with Crippen LogP contribution < -0.4 is 5.32 Å². The zero-order valence-electron chi connectivity index (χ0n) is 11.6. The molecule has 0 aromatic carbocycles. The molecule has 4 heteroatoms. The average Bonchev–Trinajstić information content (AvgIpc) is 2.41. The minimum absolute atomic E-state index is 0.178. The quantitative estimate of drug-likeness (QED) is 0.808. The van der Waals surface area contributed by atoms with Gasteiger partial charge in [0.1, 0.15) is 5.60 Å². The molecule has 1 fully saturated rings. The van der Waals surface area contributed by atoms with Crippen molar-refractivity contribution in [3.05, 3.63) is 0 Å². The van der Waals surface area contributed by atoms with Crippen molar-refractivity contribution < 1.29 is 9.53 Å². The van der Waals surface area contributed by atoms with Crippen LogP contribution in [0.5, 0.6) is 0 Å². The molecule has 0 bridgehead atoms. The van der Waals surface area contributed by atoms with E-state index < -0.39 is 5.60 Å². The molecule has 1 aliphatic rings. The predicted molar refractivity (Wildman–Crippen MR) is 69.1 cm³/mol. The Morgan fingerprint density at radius 3 is 2.71 bits per heavy atom. The van der Waals surface area contributed by atoms with Crippen molar-refractivity contribution in [1.82, 2.24) is 10.2 Å². The SMILES string of the molecule is CCNC1CCCCN(C(=O)OC(C)(C)C)C1. The van der Waals surface area contributed by atoms with E-state index in [0.29, 0.717) is 6.04 Å². The molecule has 0 saturated carbocycles.